The molecule has 9 heteroatoms. The molecule has 176 valence electrons. The minimum absolute atomic E-state index is 0.190. The molecule has 2 aliphatic heterocycles. The minimum atomic E-state index is -4.72. The molecule has 2 fully saturated rings. The van der Waals surface area contributed by atoms with Crippen molar-refractivity contribution in [2.24, 2.45) is 0 Å². The third-order valence-corrected chi connectivity index (χ3v) is 6.85. The molecule has 0 bridgehead atoms. The van der Waals surface area contributed by atoms with Crippen molar-refractivity contribution in [3.8, 4) is 11.1 Å². The lowest BCUT2D eigenvalue weighted by Gasteiger charge is -2.29. The Balaban J connectivity index is 1.47. The van der Waals surface area contributed by atoms with Crippen LogP contribution in [-0.4, -0.2) is 58.7 Å². The van der Waals surface area contributed by atoms with Gasteiger partial charge in [0.1, 0.15) is 5.52 Å². The normalized spacial score (nSPS) is 20.7. The van der Waals surface area contributed by atoms with Crippen LogP contribution < -0.4 is 4.90 Å². The topological polar surface area (TPSA) is 65.6 Å². The SMILES string of the molecule is OC(c1cccc(-c2cc(N3CCC[C@H]3CCN3CCCC3)c3nonc3c2)c1)C(F)(F)F. The highest BCUT2D eigenvalue weighted by molar-refractivity contribution is 5.93. The van der Waals surface area contributed by atoms with Crippen molar-refractivity contribution in [2.45, 2.75) is 50.4 Å². The number of alkyl halides is 3. The van der Waals surface area contributed by atoms with Gasteiger partial charge in [-0.15, -0.1) is 0 Å². The summed E-state index contributed by atoms with van der Waals surface area (Å²) in [4.78, 5) is 4.86. The first kappa shape index (κ1) is 22.2. The molecular formula is C24H27F3N4O2. The van der Waals surface area contributed by atoms with Gasteiger partial charge in [0.25, 0.3) is 0 Å². The number of likely N-dealkylation sites (tertiary alicyclic amines) is 1. The van der Waals surface area contributed by atoms with E-state index in [9.17, 15) is 18.3 Å². The second-order valence-corrected chi connectivity index (χ2v) is 9.02. The summed E-state index contributed by atoms with van der Waals surface area (Å²) in [6, 6.07) is 10.0. The first-order valence-electron chi connectivity index (χ1n) is 11.5. The Hall–Kier alpha value is -2.65. The summed E-state index contributed by atoms with van der Waals surface area (Å²) in [5, 5.41) is 17.8. The van der Waals surface area contributed by atoms with E-state index < -0.39 is 12.3 Å². The van der Waals surface area contributed by atoms with Crippen molar-refractivity contribution < 1.29 is 22.9 Å². The summed E-state index contributed by atoms with van der Waals surface area (Å²) in [5.74, 6) is 0. The average molecular weight is 461 g/mol. The van der Waals surface area contributed by atoms with Gasteiger partial charge in [0.15, 0.2) is 11.6 Å². The average Bonchev–Trinajstić information content (AvgIpc) is 3.57. The molecule has 2 saturated heterocycles. The van der Waals surface area contributed by atoms with Gasteiger partial charge in [-0.2, -0.15) is 13.2 Å². The fourth-order valence-electron chi connectivity index (χ4n) is 5.13. The van der Waals surface area contributed by atoms with E-state index in [-0.39, 0.29) is 5.56 Å². The summed E-state index contributed by atoms with van der Waals surface area (Å²) in [7, 11) is 0. The van der Waals surface area contributed by atoms with Crippen LogP contribution in [0.5, 0.6) is 0 Å². The van der Waals surface area contributed by atoms with Gasteiger partial charge >= 0.3 is 6.18 Å². The van der Waals surface area contributed by atoms with E-state index in [4.69, 9.17) is 4.63 Å². The molecule has 33 heavy (non-hydrogen) atoms. The highest BCUT2D eigenvalue weighted by atomic mass is 19.4. The van der Waals surface area contributed by atoms with Crippen LogP contribution >= 0.6 is 0 Å². The van der Waals surface area contributed by atoms with Gasteiger partial charge in [0, 0.05) is 19.1 Å². The van der Waals surface area contributed by atoms with E-state index in [0.29, 0.717) is 22.6 Å². The minimum Gasteiger partial charge on any atom is -0.379 e. The van der Waals surface area contributed by atoms with E-state index >= 15 is 0 Å². The number of nitrogens with zero attached hydrogens (tertiary/aromatic N) is 4. The van der Waals surface area contributed by atoms with Crippen LogP contribution in [0.4, 0.5) is 18.9 Å². The lowest BCUT2D eigenvalue weighted by Crippen LogP contribution is -2.33. The van der Waals surface area contributed by atoms with E-state index in [1.54, 1.807) is 12.1 Å². The molecule has 0 radical (unpaired) electrons. The molecule has 3 aromatic rings. The first-order valence-corrected chi connectivity index (χ1v) is 11.5. The second-order valence-electron chi connectivity index (χ2n) is 9.02. The quantitative estimate of drug-likeness (QED) is 0.562. The fraction of sp³-hybridized carbons (Fsp3) is 0.500. The molecule has 2 aromatic carbocycles. The highest BCUT2D eigenvalue weighted by Crippen LogP contribution is 2.38. The summed E-state index contributed by atoms with van der Waals surface area (Å²) in [6.07, 6.45) is -1.48. The Kier molecular flexibility index (Phi) is 6.01. The lowest BCUT2D eigenvalue weighted by atomic mass is 9.99. The third kappa shape index (κ3) is 4.56. The molecule has 0 saturated carbocycles. The van der Waals surface area contributed by atoms with E-state index in [1.807, 2.05) is 6.07 Å². The van der Waals surface area contributed by atoms with E-state index in [2.05, 4.69) is 20.1 Å². The Morgan fingerprint density at radius 3 is 2.64 bits per heavy atom. The van der Waals surface area contributed by atoms with Crippen molar-refractivity contribution in [2.75, 3.05) is 31.1 Å². The zero-order chi connectivity index (χ0) is 23.0. The lowest BCUT2D eigenvalue weighted by molar-refractivity contribution is -0.206. The molecule has 3 heterocycles. The molecule has 2 aliphatic rings. The maximum Gasteiger partial charge on any atom is 0.418 e. The predicted molar refractivity (Wildman–Crippen MR) is 119 cm³/mol. The molecule has 0 spiro atoms. The Morgan fingerprint density at radius 1 is 1.03 bits per heavy atom. The maximum absolute atomic E-state index is 13.0. The fourth-order valence-corrected chi connectivity index (χ4v) is 5.13. The van der Waals surface area contributed by atoms with Crippen molar-refractivity contribution >= 4 is 16.7 Å². The molecule has 2 atom stereocenters. The van der Waals surface area contributed by atoms with Crippen molar-refractivity contribution in [1.82, 2.24) is 15.2 Å². The van der Waals surface area contributed by atoms with E-state index in [0.717, 1.165) is 43.6 Å². The van der Waals surface area contributed by atoms with Gasteiger partial charge in [-0.3, -0.25) is 0 Å². The number of fused-ring (bicyclic) bond motifs is 1. The number of aliphatic hydroxyl groups excluding tert-OH is 1. The van der Waals surface area contributed by atoms with Crippen LogP contribution in [0.1, 0.15) is 43.8 Å². The van der Waals surface area contributed by atoms with Crippen LogP contribution in [0.2, 0.25) is 0 Å². The van der Waals surface area contributed by atoms with Crippen LogP contribution in [0.25, 0.3) is 22.2 Å². The molecule has 1 N–H and O–H groups in total. The molecule has 1 aromatic heterocycles. The van der Waals surface area contributed by atoms with Crippen molar-refractivity contribution in [3.63, 3.8) is 0 Å². The molecule has 6 nitrogen and oxygen atoms in total. The zero-order valence-electron chi connectivity index (χ0n) is 18.3. The number of benzene rings is 2. The van der Waals surface area contributed by atoms with Gasteiger partial charge in [-0.1, -0.05) is 18.2 Å². The molecule has 0 amide bonds. The van der Waals surface area contributed by atoms with Crippen LogP contribution in [0.15, 0.2) is 41.0 Å². The Labute approximate surface area is 189 Å². The van der Waals surface area contributed by atoms with Crippen LogP contribution in [0.3, 0.4) is 0 Å². The standard InChI is InChI=1S/C24H27F3N4O2/c25-24(26,27)23(32)17-6-3-5-16(13-17)18-14-20-22(29-33-28-20)21(15-18)31-11-4-7-19(31)8-12-30-9-1-2-10-30/h3,5-6,13-15,19,23,32H,1-2,4,7-12H2/t19-,23?/m0/s1. The molecular weight excluding hydrogens is 433 g/mol. The van der Waals surface area contributed by atoms with Gasteiger partial charge in [0.05, 0.1) is 5.69 Å². The summed E-state index contributed by atoms with van der Waals surface area (Å²) < 4.78 is 44.1. The third-order valence-electron chi connectivity index (χ3n) is 6.85. The molecule has 5 rings (SSSR count). The molecule has 1 unspecified atom stereocenters. The summed E-state index contributed by atoms with van der Waals surface area (Å²) in [5.41, 5.74) is 3.23. The smallest absolute Gasteiger partial charge is 0.379 e. The van der Waals surface area contributed by atoms with E-state index in [1.165, 1.54) is 44.1 Å². The predicted octanol–water partition coefficient (Wildman–Crippen LogP) is 4.94. The van der Waals surface area contributed by atoms with Gasteiger partial charge in [-0.05, 0) is 90.4 Å². The highest BCUT2D eigenvalue weighted by Gasteiger charge is 2.39. The number of halogens is 3. The Bertz CT molecular complexity index is 1110. The number of anilines is 1. The van der Waals surface area contributed by atoms with Gasteiger partial charge in [-0.25, -0.2) is 4.63 Å². The van der Waals surface area contributed by atoms with Gasteiger partial charge in [0.2, 0.25) is 0 Å². The monoisotopic (exact) mass is 460 g/mol. The van der Waals surface area contributed by atoms with Crippen LogP contribution in [-0.2, 0) is 0 Å². The number of aliphatic hydroxyl groups is 1. The maximum atomic E-state index is 13.0. The van der Waals surface area contributed by atoms with Crippen LogP contribution in [0, 0.1) is 0 Å². The Morgan fingerprint density at radius 2 is 1.85 bits per heavy atom. The number of hydrogen-bond donors (Lipinski definition) is 1. The number of aromatic nitrogens is 2. The number of hydrogen-bond acceptors (Lipinski definition) is 6. The molecule has 0 aliphatic carbocycles. The number of rotatable bonds is 6. The first-order chi connectivity index (χ1) is 15.9. The zero-order valence-corrected chi connectivity index (χ0v) is 18.3. The van der Waals surface area contributed by atoms with Crippen molar-refractivity contribution in [3.05, 3.63) is 42.0 Å². The largest absolute Gasteiger partial charge is 0.418 e. The van der Waals surface area contributed by atoms with Crippen molar-refractivity contribution in [1.29, 1.82) is 0 Å². The van der Waals surface area contributed by atoms with Gasteiger partial charge < -0.3 is 14.9 Å². The summed E-state index contributed by atoms with van der Waals surface area (Å²) in [6.45, 7) is 4.29. The second kappa shape index (κ2) is 8.95. The summed E-state index contributed by atoms with van der Waals surface area (Å²) >= 11 is 0.